The summed E-state index contributed by atoms with van der Waals surface area (Å²) in [5, 5.41) is 7.71. The van der Waals surface area contributed by atoms with Crippen molar-refractivity contribution < 1.29 is 0 Å². The van der Waals surface area contributed by atoms with Gasteiger partial charge in [0.1, 0.15) is 0 Å². The summed E-state index contributed by atoms with van der Waals surface area (Å²) in [4.78, 5) is 0. The minimum absolute atomic E-state index is 0.435. The molecule has 0 aliphatic carbocycles. The van der Waals surface area contributed by atoms with Crippen LogP contribution in [0.25, 0.3) is 0 Å². The molecule has 1 N–H and O–H groups in total. The van der Waals surface area contributed by atoms with E-state index in [9.17, 15) is 0 Å². The van der Waals surface area contributed by atoms with Crippen molar-refractivity contribution in [1.29, 1.82) is 0 Å². The summed E-state index contributed by atoms with van der Waals surface area (Å²) in [5.41, 5.74) is 1.31. The van der Waals surface area contributed by atoms with E-state index in [2.05, 4.69) is 37.4 Å². The van der Waals surface area contributed by atoms with E-state index in [1.54, 1.807) is 0 Å². The second kappa shape index (κ2) is 5.91. The number of aromatic nitrogens is 2. The Morgan fingerprint density at radius 2 is 2.20 bits per heavy atom. The third-order valence-corrected chi connectivity index (χ3v) is 2.96. The molecule has 0 aromatic carbocycles. The van der Waals surface area contributed by atoms with E-state index in [0.717, 1.165) is 6.54 Å². The molecule has 15 heavy (non-hydrogen) atoms. The zero-order valence-electron chi connectivity index (χ0n) is 10.3. The lowest BCUT2D eigenvalue weighted by molar-refractivity contribution is 0.383. The molecule has 0 radical (unpaired) electrons. The van der Waals surface area contributed by atoms with E-state index in [4.69, 9.17) is 0 Å². The van der Waals surface area contributed by atoms with Crippen LogP contribution < -0.4 is 5.32 Å². The Morgan fingerprint density at radius 1 is 1.47 bits per heavy atom. The summed E-state index contributed by atoms with van der Waals surface area (Å²) in [6.07, 6.45) is 6.62. The molecule has 0 aliphatic rings. The highest BCUT2D eigenvalue weighted by Gasteiger charge is 2.17. The lowest BCUT2D eigenvalue weighted by Crippen LogP contribution is -2.23. The van der Waals surface area contributed by atoms with Crippen LogP contribution in [0.15, 0.2) is 12.4 Å². The molecule has 2 atom stereocenters. The molecule has 3 nitrogen and oxygen atoms in total. The van der Waals surface area contributed by atoms with E-state index in [1.165, 1.54) is 18.4 Å². The quantitative estimate of drug-likeness (QED) is 0.780. The Balaban J connectivity index is 2.72. The van der Waals surface area contributed by atoms with E-state index in [0.29, 0.717) is 12.0 Å². The summed E-state index contributed by atoms with van der Waals surface area (Å²) in [5.74, 6) is 0.662. The zero-order chi connectivity index (χ0) is 11.3. The highest BCUT2D eigenvalue weighted by molar-refractivity contribution is 5.11. The third-order valence-electron chi connectivity index (χ3n) is 2.96. The van der Waals surface area contributed by atoms with Gasteiger partial charge in [-0.15, -0.1) is 0 Å². The van der Waals surface area contributed by atoms with Crippen molar-refractivity contribution in [1.82, 2.24) is 15.1 Å². The first-order valence-corrected chi connectivity index (χ1v) is 5.92. The van der Waals surface area contributed by atoms with Crippen molar-refractivity contribution in [3.05, 3.63) is 18.0 Å². The Hall–Kier alpha value is -0.830. The fourth-order valence-corrected chi connectivity index (χ4v) is 2.11. The Kier molecular flexibility index (Phi) is 4.82. The second-order valence-corrected chi connectivity index (χ2v) is 4.16. The topological polar surface area (TPSA) is 29.9 Å². The van der Waals surface area contributed by atoms with Gasteiger partial charge in [0.05, 0.1) is 6.20 Å². The highest BCUT2D eigenvalue weighted by atomic mass is 15.3. The summed E-state index contributed by atoms with van der Waals surface area (Å²) < 4.78 is 1.98. The maximum absolute atomic E-state index is 4.32. The van der Waals surface area contributed by atoms with E-state index >= 15 is 0 Å². The van der Waals surface area contributed by atoms with Crippen LogP contribution in [0, 0.1) is 5.92 Å². The van der Waals surface area contributed by atoms with Crippen LogP contribution in [0.4, 0.5) is 0 Å². The molecule has 0 spiro atoms. The zero-order valence-corrected chi connectivity index (χ0v) is 10.3. The third kappa shape index (κ3) is 3.06. The van der Waals surface area contributed by atoms with Crippen LogP contribution >= 0.6 is 0 Å². The maximum Gasteiger partial charge on any atom is 0.0537 e. The number of aryl methyl sites for hydroxylation is 1. The van der Waals surface area contributed by atoms with E-state index < -0.39 is 0 Å². The highest BCUT2D eigenvalue weighted by Crippen LogP contribution is 2.24. The van der Waals surface area contributed by atoms with Crippen LogP contribution in [0.3, 0.4) is 0 Å². The van der Waals surface area contributed by atoms with Gasteiger partial charge in [-0.05, 0) is 26.3 Å². The number of hydrogen-bond donors (Lipinski definition) is 1. The summed E-state index contributed by atoms with van der Waals surface area (Å²) in [6, 6.07) is 0.435. The molecular weight excluding hydrogens is 186 g/mol. The Labute approximate surface area is 92.9 Å². The van der Waals surface area contributed by atoms with Crippen LogP contribution in [-0.2, 0) is 6.54 Å². The minimum atomic E-state index is 0.435. The van der Waals surface area contributed by atoms with Crippen LogP contribution in [0.1, 0.15) is 45.2 Å². The summed E-state index contributed by atoms with van der Waals surface area (Å²) >= 11 is 0. The maximum atomic E-state index is 4.32. The molecule has 0 saturated heterocycles. The normalized spacial score (nSPS) is 15.2. The van der Waals surface area contributed by atoms with Crippen molar-refractivity contribution in [3.63, 3.8) is 0 Å². The molecule has 0 saturated carbocycles. The SMILES string of the molecule is CCCC(C)C(NC)c1cnn(CC)c1. The van der Waals surface area contributed by atoms with Crippen LogP contribution in [-0.4, -0.2) is 16.8 Å². The number of nitrogens with zero attached hydrogens (tertiary/aromatic N) is 2. The van der Waals surface area contributed by atoms with E-state index in [1.807, 2.05) is 17.9 Å². The van der Waals surface area contributed by atoms with Gasteiger partial charge in [-0.1, -0.05) is 20.3 Å². The Bertz CT molecular complexity index is 280. The predicted molar refractivity (Wildman–Crippen MR) is 63.8 cm³/mol. The second-order valence-electron chi connectivity index (χ2n) is 4.16. The Morgan fingerprint density at radius 3 is 2.67 bits per heavy atom. The van der Waals surface area contributed by atoms with Crippen LogP contribution in [0.2, 0.25) is 0 Å². The molecule has 1 heterocycles. The lowest BCUT2D eigenvalue weighted by Gasteiger charge is -2.21. The first-order chi connectivity index (χ1) is 7.22. The van der Waals surface area contributed by atoms with Gasteiger partial charge in [-0.25, -0.2) is 0 Å². The van der Waals surface area contributed by atoms with Crippen LogP contribution in [0.5, 0.6) is 0 Å². The molecule has 0 fully saturated rings. The van der Waals surface area contributed by atoms with Gasteiger partial charge in [0.25, 0.3) is 0 Å². The lowest BCUT2D eigenvalue weighted by atomic mass is 9.93. The van der Waals surface area contributed by atoms with Gasteiger partial charge < -0.3 is 5.32 Å². The predicted octanol–water partition coefficient (Wildman–Crippen LogP) is 2.60. The smallest absolute Gasteiger partial charge is 0.0537 e. The molecule has 0 aliphatic heterocycles. The first kappa shape index (κ1) is 12.2. The van der Waals surface area contributed by atoms with E-state index in [-0.39, 0.29) is 0 Å². The fourth-order valence-electron chi connectivity index (χ4n) is 2.11. The van der Waals surface area contributed by atoms with Crippen molar-refractivity contribution in [2.75, 3.05) is 7.05 Å². The van der Waals surface area contributed by atoms with Gasteiger partial charge >= 0.3 is 0 Å². The fraction of sp³-hybridized carbons (Fsp3) is 0.750. The molecule has 2 unspecified atom stereocenters. The summed E-state index contributed by atoms with van der Waals surface area (Å²) in [6.45, 7) is 7.59. The van der Waals surface area contributed by atoms with Gasteiger partial charge in [-0.3, -0.25) is 4.68 Å². The van der Waals surface area contributed by atoms with Crippen molar-refractivity contribution in [2.24, 2.45) is 5.92 Å². The molecule has 1 rings (SSSR count). The largest absolute Gasteiger partial charge is 0.313 e. The van der Waals surface area contributed by atoms with Crippen molar-refractivity contribution in [2.45, 2.75) is 46.2 Å². The molecule has 0 bridgehead atoms. The molecular formula is C12H23N3. The first-order valence-electron chi connectivity index (χ1n) is 5.92. The molecule has 0 amide bonds. The average Bonchev–Trinajstić information content (AvgIpc) is 2.68. The van der Waals surface area contributed by atoms with Gasteiger partial charge in [0.2, 0.25) is 0 Å². The minimum Gasteiger partial charge on any atom is -0.313 e. The molecule has 3 heteroatoms. The summed E-state index contributed by atoms with van der Waals surface area (Å²) in [7, 11) is 2.03. The van der Waals surface area contributed by atoms with Gasteiger partial charge in [0.15, 0.2) is 0 Å². The monoisotopic (exact) mass is 209 g/mol. The number of rotatable bonds is 6. The van der Waals surface area contributed by atoms with Gasteiger partial charge in [-0.2, -0.15) is 5.10 Å². The average molecular weight is 209 g/mol. The number of nitrogens with one attached hydrogen (secondary N) is 1. The molecule has 1 aromatic heterocycles. The van der Waals surface area contributed by atoms with Crippen molar-refractivity contribution >= 4 is 0 Å². The standard InChI is InChI=1S/C12H23N3/c1-5-7-10(3)12(13-4)11-8-14-15(6-2)9-11/h8-10,12-13H,5-7H2,1-4H3. The number of hydrogen-bond acceptors (Lipinski definition) is 2. The molecule has 86 valence electrons. The van der Waals surface area contributed by atoms with Gasteiger partial charge in [0, 0.05) is 24.3 Å². The van der Waals surface area contributed by atoms with Crippen molar-refractivity contribution in [3.8, 4) is 0 Å². The molecule has 1 aromatic rings.